The summed E-state index contributed by atoms with van der Waals surface area (Å²) < 4.78 is 5.79. The Bertz CT molecular complexity index is 455. The molecule has 0 amide bonds. The predicted molar refractivity (Wildman–Crippen MR) is 76.3 cm³/mol. The second-order valence-electron chi connectivity index (χ2n) is 5.77. The summed E-state index contributed by atoms with van der Waals surface area (Å²) in [6.07, 6.45) is 6.11. The lowest BCUT2D eigenvalue weighted by molar-refractivity contribution is 0.111. The second-order valence-corrected chi connectivity index (χ2v) is 5.77. The van der Waals surface area contributed by atoms with E-state index >= 15 is 0 Å². The van der Waals surface area contributed by atoms with Gasteiger partial charge in [-0.3, -0.25) is 4.98 Å². The minimum Gasteiger partial charge on any atom is -0.488 e. The first-order chi connectivity index (χ1) is 8.97. The van der Waals surface area contributed by atoms with Crippen molar-refractivity contribution in [3.8, 4) is 5.75 Å². The van der Waals surface area contributed by atoms with E-state index in [0.717, 1.165) is 36.3 Å². The Hall–Kier alpha value is -1.35. The molecule has 1 heterocycles. The standard InChI is InChI=1S/C16H23NO2/c1-12-8-9-14(10-17-12)19-11-13-6-4-5-7-15(13)16(2,3)18/h8-10,18H,4-7,11H2,1-3H3. The Morgan fingerprint density at radius 2 is 2.00 bits per heavy atom. The SMILES string of the molecule is Cc1ccc(OCC2=C(C(C)(C)O)CCCC2)cn1. The molecule has 0 atom stereocenters. The number of pyridine rings is 1. The molecule has 0 unspecified atom stereocenters. The molecule has 1 aromatic rings. The molecular formula is C16H23NO2. The Morgan fingerprint density at radius 3 is 2.63 bits per heavy atom. The molecule has 104 valence electrons. The van der Waals surface area contributed by atoms with Gasteiger partial charge in [0.2, 0.25) is 0 Å². The van der Waals surface area contributed by atoms with Crippen LogP contribution >= 0.6 is 0 Å². The van der Waals surface area contributed by atoms with Gasteiger partial charge in [0.15, 0.2) is 0 Å². The van der Waals surface area contributed by atoms with Crippen LogP contribution in [0.3, 0.4) is 0 Å². The van der Waals surface area contributed by atoms with Crippen LogP contribution in [0.15, 0.2) is 29.5 Å². The maximum absolute atomic E-state index is 10.2. The van der Waals surface area contributed by atoms with Gasteiger partial charge in [-0.1, -0.05) is 0 Å². The number of hydrogen-bond acceptors (Lipinski definition) is 3. The minimum atomic E-state index is -0.732. The Balaban J connectivity index is 2.07. The van der Waals surface area contributed by atoms with Gasteiger partial charge in [-0.15, -0.1) is 0 Å². The fraction of sp³-hybridized carbons (Fsp3) is 0.562. The van der Waals surface area contributed by atoms with Crippen molar-refractivity contribution < 1.29 is 9.84 Å². The van der Waals surface area contributed by atoms with E-state index in [4.69, 9.17) is 4.74 Å². The number of rotatable bonds is 4. The van der Waals surface area contributed by atoms with Crippen LogP contribution in [0.4, 0.5) is 0 Å². The molecule has 0 saturated heterocycles. The number of aromatic nitrogens is 1. The predicted octanol–water partition coefficient (Wildman–Crippen LogP) is 3.41. The topological polar surface area (TPSA) is 42.4 Å². The maximum atomic E-state index is 10.2. The van der Waals surface area contributed by atoms with Crippen molar-refractivity contribution in [2.75, 3.05) is 6.61 Å². The molecule has 0 spiro atoms. The van der Waals surface area contributed by atoms with Crippen LogP contribution in [0, 0.1) is 6.92 Å². The van der Waals surface area contributed by atoms with Crippen LogP contribution in [0.2, 0.25) is 0 Å². The molecule has 0 aliphatic heterocycles. The molecular weight excluding hydrogens is 238 g/mol. The Morgan fingerprint density at radius 1 is 1.26 bits per heavy atom. The van der Waals surface area contributed by atoms with Gasteiger partial charge in [-0.25, -0.2) is 0 Å². The van der Waals surface area contributed by atoms with Gasteiger partial charge in [0, 0.05) is 5.69 Å². The zero-order valence-electron chi connectivity index (χ0n) is 12.1. The first kappa shape index (κ1) is 14.1. The smallest absolute Gasteiger partial charge is 0.138 e. The lowest BCUT2D eigenvalue weighted by Crippen LogP contribution is -2.26. The highest BCUT2D eigenvalue weighted by Crippen LogP contribution is 2.32. The largest absolute Gasteiger partial charge is 0.488 e. The van der Waals surface area contributed by atoms with Gasteiger partial charge in [0.1, 0.15) is 12.4 Å². The van der Waals surface area contributed by atoms with Crippen molar-refractivity contribution in [2.24, 2.45) is 0 Å². The van der Waals surface area contributed by atoms with Crippen LogP contribution in [0.5, 0.6) is 5.75 Å². The highest BCUT2D eigenvalue weighted by atomic mass is 16.5. The van der Waals surface area contributed by atoms with Crippen molar-refractivity contribution in [1.82, 2.24) is 4.98 Å². The Kier molecular flexibility index (Phi) is 4.25. The molecule has 3 nitrogen and oxygen atoms in total. The van der Waals surface area contributed by atoms with Gasteiger partial charge >= 0.3 is 0 Å². The second kappa shape index (κ2) is 5.74. The number of aryl methyl sites for hydroxylation is 1. The number of nitrogens with zero attached hydrogens (tertiary/aromatic N) is 1. The number of aliphatic hydroxyl groups is 1. The summed E-state index contributed by atoms with van der Waals surface area (Å²) in [4.78, 5) is 4.22. The average Bonchev–Trinajstić information content (AvgIpc) is 2.37. The van der Waals surface area contributed by atoms with E-state index in [9.17, 15) is 5.11 Å². The van der Waals surface area contributed by atoms with Gasteiger partial charge in [-0.05, 0) is 69.7 Å². The first-order valence-electron chi connectivity index (χ1n) is 6.96. The van der Waals surface area contributed by atoms with Crippen molar-refractivity contribution >= 4 is 0 Å². The molecule has 3 heteroatoms. The molecule has 0 fully saturated rings. The van der Waals surface area contributed by atoms with Crippen molar-refractivity contribution in [2.45, 2.75) is 52.1 Å². The third-order valence-corrected chi connectivity index (χ3v) is 3.62. The van der Waals surface area contributed by atoms with E-state index in [1.807, 2.05) is 32.9 Å². The average molecular weight is 261 g/mol. The number of hydrogen-bond donors (Lipinski definition) is 1. The summed E-state index contributed by atoms with van der Waals surface area (Å²) in [5.74, 6) is 0.791. The lowest BCUT2D eigenvalue weighted by Gasteiger charge is -2.29. The Labute approximate surface area is 115 Å². The third kappa shape index (κ3) is 3.80. The van der Waals surface area contributed by atoms with Crippen LogP contribution in [-0.4, -0.2) is 22.3 Å². The molecule has 1 N–H and O–H groups in total. The minimum absolute atomic E-state index is 0.560. The summed E-state index contributed by atoms with van der Waals surface area (Å²) in [5, 5.41) is 10.2. The fourth-order valence-electron chi connectivity index (χ4n) is 2.58. The first-order valence-corrected chi connectivity index (χ1v) is 6.96. The van der Waals surface area contributed by atoms with E-state index in [0.29, 0.717) is 6.61 Å². The maximum Gasteiger partial charge on any atom is 0.138 e. The summed E-state index contributed by atoms with van der Waals surface area (Å²) in [5.41, 5.74) is 2.66. The van der Waals surface area contributed by atoms with Crippen molar-refractivity contribution in [1.29, 1.82) is 0 Å². The molecule has 0 saturated carbocycles. The molecule has 2 rings (SSSR count). The summed E-state index contributed by atoms with van der Waals surface area (Å²) >= 11 is 0. The van der Waals surface area contributed by atoms with Crippen LogP contribution in [-0.2, 0) is 0 Å². The van der Waals surface area contributed by atoms with Crippen LogP contribution < -0.4 is 4.74 Å². The normalized spacial score (nSPS) is 16.6. The van der Waals surface area contributed by atoms with Crippen molar-refractivity contribution in [3.05, 3.63) is 35.2 Å². The quantitative estimate of drug-likeness (QED) is 0.845. The molecule has 0 aromatic carbocycles. The lowest BCUT2D eigenvalue weighted by atomic mass is 9.83. The van der Waals surface area contributed by atoms with Gasteiger partial charge in [0.25, 0.3) is 0 Å². The summed E-state index contributed by atoms with van der Waals surface area (Å²) in [6, 6.07) is 3.89. The molecule has 1 aliphatic carbocycles. The van der Waals surface area contributed by atoms with Gasteiger partial charge < -0.3 is 9.84 Å². The molecule has 0 bridgehead atoms. The van der Waals surface area contributed by atoms with Crippen LogP contribution in [0.25, 0.3) is 0 Å². The van der Waals surface area contributed by atoms with E-state index in [2.05, 4.69) is 4.98 Å². The molecule has 19 heavy (non-hydrogen) atoms. The van der Waals surface area contributed by atoms with Gasteiger partial charge in [-0.2, -0.15) is 0 Å². The van der Waals surface area contributed by atoms with E-state index in [1.165, 1.54) is 12.0 Å². The van der Waals surface area contributed by atoms with Gasteiger partial charge in [0.05, 0.1) is 11.8 Å². The highest BCUT2D eigenvalue weighted by Gasteiger charge is 2.25. The molecule has 0 radical (unpaired) electrons. The molecule has 1 aromatic heterocycles. The fourth-order valence-corrected chi connectivity index (χ4v) is 2.58. The molecule has 1 aliphatic rings. The monoisotopic (exact) mass is 261 g/mol. The van der Waals surface area contributed by atoms with E-state index in [1.54, 1.807) is 6.20 Å². The third-order valence-electron chi connectivity index (χ3n) is 3.62. The van der Waals surface area contributed by atoms with E-state index in [-0.39, 0.29) is 0 Å². The zero-order valence-corrected chi connectivity index (χ0v) is 12.1. The van der Waals surface area contributed by atoms with Crippen molar-refractivity contribution in [3.63, 3.8) is 0 Å². The summed E-state index contributed by atoms with van der Waals surface area (Å²) in [7, 11) is 0. The summed E-state index contributed by atoms with van der Waals surface area (Å²) in [6.45, 7) is 6.24. The highest BCUT2D eigenvalue weighted by molar-refractivity contribution is 5.26. The van der Waals surface area contributed by atoms with E-state index < -0.39 is 5.60 Å². The van der Waals surface area contributed by atoms with Crippen LogP contribution in [0.1, 0.15) is 45.2 Å². The number of ether oxygens (including phenoxy) is 1. The zero-order chi connectivity index (χ0) is 13.9.